The van der Waals surface area contributed by atoms with Gasteiger partial charge in [0.1, 0.15) is 11.3 Å². The third-order valence-corrected chi connectivity index (χ3v) is 4.05. The van der Waals surface area contributed by atoms with E-state index < -0.39 is 11.7 Å². The summed E-state index contributed by atoms with van der Waals surface area (Å²) in [6.45, 7) is 0. The summed E-state index contributed by atoms with van der Waals surface area (Å²) in [6.07, 6.45) is 1.91. The fourth-order valence-electron chi connectivity index (χ4n) is 2.71. The zero-order valence-electron chi connectivity index (χ0n) is 14.0. The molecule has 0 aliphatic rings. The van der Waals surface area contributed by atoms with Crippen molar-refractivity contribution in [3.63, 3.8) is 0 Å². The molecule has 0 saturated carbocycles. The summed E-state index contributed by atoms with van der Waals surface area (Å²) >= 11 is 0. The van der Waals surface area contributed by atoms with Gasteiger partial charge in [0.05, 0.1) is 5.69 Å². The number of halogens is 1. The molecule has 0 N–H and O–H groups in total. The summed E-state index contributed by atoms with van der Waals surface area (Å²) < 4.78 is 18.9. The van der Waals surface area contributed by atoms with E-state index in [1.54, 1.807) is 60.7 Å². The van der Waals surface area contributed by atoms with Crippen LogP contribution in [0.4, 0.5) is 10.1 Å². The number of nitrogens with zero attached hydrogens (tertiary/aromatic N) is 3. The lowest BCUT2D eigenvalue weighted by molar-refractivity contribution is 0.0999. The Kier molecular flexibility index (Phi) is 4.11. The number of hydrogen-bond acceptors (Lipinski definition) is 4. The van der Waals surface area contributed by atoms with Crippen molar-refractivity contribution in [2.24, 2.45) is 0 Å². The molecule has 0 aliphatic heterocycles. The molecule has 0 fully saturated rings. The number of rotatable bonds is 3. The van der Waals surface area contributed by atoms with E-state index in [0.29, 0.717) is 33.8 Å². The Hall–Kier alpha value is -3.98. The molecule has 0 unspecified atom stereocenters. The number of benzene rings is 3. The molecule has 0 bridgehead atoms. The van der Waals surface area contributed by atoms with Crippen LogP contribution in [0.1, 0.15) is 10.4 Å². The molecule has 4 rings (SSSR count). The number of nitriles is 1. The van der Waals surface area contributed by atoms with Crippen LogP contribution in [-0.2, 0) is 0 Å². The van der Waals surface area contributed by atoms with Crippen LogP contribution in [0.25, 0.3) is 22.6 Å². The molecule has 1 aromatic heterocycles. The van der Waals surface area contributed by atoms with Crippen molar-refractivity contribution in [1.82, 2.24) is 4.98 Å². The first-order chi connectivity index (χ1) is 13.2. The first-order valence-corrected chi connectivity index (χ1v) is 8.11. The molecule has 1 heterocycles. The van der Waals surface area contributed by atoms with Crippen molar-refractivity contribution in [3.8, 4) is 17.6 Å². The third kappa shape index (κ3) is 3.14. The largest absolute Gasteiger partial charge is 0.436 e. The number of aromatic nitrogens is 1. The third-order valence-electron chi connectivity index (χ3n) is 4.05. The minimum atomic E-state index is -0.414. The van der Waals surface area contributed by atoms with Gasteiger partial charge in [-0.2, -0.15) is 5.26 Å². The summed E-state index contributed by atoms with van der Waals surface area (Å²) in [7, 11) is 0. The van der Waals surface area contributed by atoms with Crippen molar-refractivity contribution in [3.05, 3.63) is 84.2 Å². The van der Waals surface area contributed by atoms with Gasteiger partial charge < -0.3 is 4.42 Å². The maximum Gasteiger partial charge on any atom is 0.271 e. The van der Waals surface area contributed by atoms with Crippen molar-refractivity contribution in [2.75, 3.05) is 4.90 Å². The predicted octanol–water partition coefficient (Wildman–Crippen LogP) is 4.76. The van der Waals surface area contributed by atoms with Crippen LogP contribution >= 0.6 is 0 Å². The van der Waals surface area contributed by atoms with Crippen molar-refractivity contribution >= 4 is 22.7 Å². The smallest absolute Gasteiger partial charge is 0.271 e. The standard InChI is InChI=1S/C21H12FN3O2/c22-16-8-11-18-19(12-16)27-20(24-18)14-6-9-17(10-7-14)25(13-23)21(26)15-4-2-1-3-5-15/h1-12H. The molecule has 3 aromatic carbocycles. The number of amides is 1. The Bertz CT molecular complexity index is 1160. The van der Waals surface area contributed by atoms with Gasteiger partial charge in [-0.3, -0.25) is 4.79 Å². The van der Waals surface area contributed by atoms with Crippen molar-refractivity contribution in [1.29, 1.82) is 5.26 Å². The lowest BCUT2D eigenvalue weighted by atomic mass is 10.1. The minimum Gasteiger partial charge on any atom is -0.436 e. The molecule has 0 saturated heterocycles. The molecular weight excluding hydrogens is 345 g/mol. The van der Waals surface area contributed by atoms with Gasteiger partial charge in [-0.15, -0.1) is 0 Å². The molecule has 0 aliphatic carbocycles. The van der Waals surface area contributed by atoms with Crippen LogP contribution in [0.5, 0.6) is 0 Å². The quantitative estimate of drug-likeness (QED) is 0.391. The zero-order valence-corrected chi connectivity index (χ0v) is 14.0. The lowest BCUT2D eigenvalue weighted by Crippen LogP contribution is -2.25. The normalized spacial score (nSPS) is 10.5. The number of fused-ring (bicyclic) bond motifs is 1. The number of anilines is 1. The van der Waals surface area contributed by atoms with Gasteiger partial charge in [0.2, 0.25) is 5.89 Å². The van der Waals surface area contributed by atoms with E-state index in [0.717, 1.165) is 4.90 Å². The number of carbonyl (C=O) groups is 1. The highest BCUT2D eigenvalue weighted by molar-refractivity contribution is 6.08. The van der Waals surface area contributed by atoms with E-state index in [4.69, 9.17) is 4.42 Å². The Balaban J connectivity index is 1.64. The topological polar surface area (TPSA) is 70.1 Å². The van der Waals surface area contributed by atoms with E-state index >= 15 is 0 Å². The highest BCUT2D eigenvalue weighted by atomic mass is 19.1. The van der Waals surface area contributed by atoms with E-state index in [-0.39, 0.29) is 0 Å². The number of oxazole rings is 1. The fourth-order valence-corrected chi connectivity index (χ4v) is 2.71. The van der Waals surface area contributed by atoms with Crippen LogP contribution in [0, 0.1) is 17.3 Å². The summed E-state index contributed by atoms with van der Waals surface area (Å²) in [5.74, 6) is -0.479. The highest BCUT2D eigenvalue weighted by Gasteiger charge is 2.18. The number of carbonyl (C=O) groups excluding carboxylic acids is 1. The second kappa shape index (κ2) is 6.73. The molecule has 130 valence electrons. The molecule has 0 atom stereocenters. The molecule has 6 heteroatoms. The summed E-state index contributed by atoms with van der Waals surface area (Å²) in [5.41, 5.74) is 2.40. The second-order valence-electron chi connectivity index (χ2n) is 5.78. The number of hydrogen-bond donors (Lipinski definition) is 0. The predicted molar refractivity (Wildman–Crippen MR) is 98.3 cm³/mol. The maximum absolute atomic E-state index is 13.3. The van der Waals surface area contributed by atoms with Gasteiger partial charge >= 0.3 is 0 Å². The van der Waals surface area contributed by atoms with E-state index in [2.05, 4.69) is 4.98 Å². The molecule has 4 aromatic rings. The molecule has 0 radical (unpaired) electrons. The molecule has 1 amide bonds. The van der Waals surface area contributed by atoms with Gasteiger partial charge in [0.15, 0.2) is 11.8 Å². The summed E-state index contributed by atoms with van der Waals surface area (Å²) in [5, 5.41) is 9.41. The van der Waals surface area contributed by atoms with Gasteiger partial charge in [-0.05, 0) is 48.5 Å². The average Bonchev–Trinajstić information content (AvgIpc) is 3.13. The Morgan fingerprint density at radius 1 is 1.04 bits per heavy atom. The first-order valence-electron chi connectivity index (χ1n) is 8.11. The molecule has 27 heavy (non-hydrogen) atoms. The maximum atomic E-state index is 13.3. The van der Waals surface area contributed by atoms with Crippen molar-refractivity contribution in [2.45, 2.75) is 0 Å². The Labute approximate surface area is 153 Å². The summed E-state index contributed by atoms with van der Waals surface area (Å²) in [4.78, 5) is 17.9. The van der Waals surface area contributed by atoms with Crippen LogP contribution in [0.2, 0.25) is 0 Å². The van der Waals surface area contributed by atoms with E-state index in [1.807, 2.05) is 6.19 Å². The van der Waals surface area contributed by atoms with E-state index in [9.17, 15) is 14.4 Å². The zero-order chi connectivity index (χ0) is 18.8. The highest BCUT2D eigenvalue weighted by Crippen LogP contribution is 2.27. The second-order valence-corrected chi connectivity index (χ2v) is 5.78. The SMILES string of the molecule is N#CN(C(=O)c1ccccc1)c1ccc(-c2nc3ccc(F)cc3o2)cc1. The van der Waals surface area contributed by atoms with Crippen LogP contribution in [0.15, 0.2) is 77.2 Å². The molecule has 5 nitrogen and oxygen atoms in total. The average molecular weight is 357 g/mol. The first kappa shape index (κ1) is 16.5. The minimum absolute atomic E-state index is 0.333. The van der Waals surface area contributed by atoms with Crippen LogP contribution in [0.3, 0.4) is 0 Å². The van der Waals surface area contributed by atoms with Gasteiger partial charge in [-0.25, -0.2) is 14.3 Å². The van der Waals surface area contributed by atoms with Crippen LogP contribution < -0.4 is 4.90 Å². The summed E-state index contributed by atoms with van der Waals surface area (Å²) in [6, 6.07) is 19.4. The van der Waals surface area contributed by atoms with Gasteiger partial charge in [0.25, 0.3) is 5.91 Å². The lowest BCUT2D eigenvalue weighted by Gasteiger charge is -2.14. The Morgan fingerprint density at radius 3 is 2.48 bits per heavy atom. The van der Waals surface area contributed by atoms with Crippen LogP contribution in [-0.4, -0.2) is 10.9 Å². The van der Waals surface area contributed by atoms with Gasteiger partial charge in [-0.1, -0.05) is 18.2 Å². The van der Waals surface area contributed by atoms with Gasteiger partial charge in [0, 0.05) is 17.2 Å². The van der Waals surface area contributed by atoms with E-state index in [1.165, 1.54) is 12.1 Å². The molecular formula is C21H12FN3O2. The van der Waals surface area contributed by atoms with Crippen molar-refractivity contribution < 1.29 is 13.6 Å². The molecule has 0 spiro atoms. The monoisotopic (exact) mass is 357 g/mol. The Morgan fingerprint density at radius 2 is 1.78 bits per heavy atom. The fraction of sp³-hybridized carbons (Fsp3) is 0.